The van der Waals surface area contributed by atoms with Crippen molar-refractivity contribution in [2.24, 2.45) is 0 Å². The third-order valence-electron chi connectivity index (χ3n) is 2.46. The van der Waals surface area contributed by atoms with Crippen molar-refractivity contribution < 1.29 is 4.52 Å². The Morgan fingerprint density at radius 3 is 2.94 bits per heavy atom. The minimum absolute atomic E-state index is 0.529. The zero-order valence-electron chi connectivity index (χ0n) is 10.2. The van der Waals surface area contributed by atoms with Crippen molar-refractivity contribution in [2.45, 2.75) is 20.3 Å². The molecule has 2 heterocycles. The largest absolute Gasteiger partial charge is 0.368 e. The van der Waals surface area contributed by atoms with Gasteiger partial charge in [-0.1, -0.05) is 12.1 Å². The van der Waals surface area contributed by atoms with Crippen LogP contribution in [-0.2, 0) is 0 Å². The van der Waals surface area contributed by atoms with E-state index in [0.717, 1.165) is 43.0 Å². The van der Waals surface area contributed by atoms with Crippen LogP contribution in [0.4, 0.5) is 5.82 Å². The van der Waals surface area contributed by atoms with Gasteiger partial charge in [0.2, 0.25) is 0 Å². The average molecular weight is 235 g/mol. The smallest absolute Gasteiger partial charge is 0.263 e. The van der Waals surface area contributed by atoms with Crippen molar-refractivity contribution in [2.75, 3.05) is 25.0 Å². The molecule has 0 bridgehead atoms. The van der Waals surface area contributed by atoms with Gasteiger partial charge in [-0.05, 0) is 19.9 Å². The molecule has 0 aliphatic rings. The Balaban J connectivity index is 2.00. The van der Waals surface area contributed by atoms with E-state index in [1.54, 1.807) is 0 Å². The summed E-state index contributed by atoms with van der Waals surface area (Å²) in [6, 6.07) is 0. The number of nitrogens with one attached hydrogen (secondary N) is 2. The molecule has 2 aromatic rings. The molecule has 0 aliphatic heterocycles. The maximum atomic E-state index is 5.08. The van der Waals surface area contributed by atoms with E-state index in [9.17, 15) is 0 Å². The van der Waals surface area contributed by atoms with Crippen LogP contribution in [-0.4, -0.2) is 34.8 Å². The first-order chi connectivity index (χ1) is 8.33. The van der Waals surface area contributed by atoms with E-state index in [1.807, 2.05) is 6.92 Å². The predicted molar refractivity (Wildman–Crippen MR) is 66.0 cm³/mol. The highest BCUT2D eigenvalue weighted by Gasteiger charge is 2.10. The van der Waals surface area contributed by atoms with Crippen molar-refractivity contribution in [3.8, 4) is 0 Å². The second-order valence-corrected chi connectivity index (χ2v) is 3.85. The lowest BCUT2D eigenvalue weighted by Gasteiger charge is -2.06. The number of aryl methyl sites for hydroxylation is 1. The van der Waals surface area contributed by atoms with Gasteiger partial charge in [-0.3, -0.25) is 0 Å². The van der Waals surface area contributed by atoms with Gasteiger partial charge >= 0.3 is 0 Å². The summed E-state index contributed by atoms with van der Waals surface area (Å²) in [5, 5.41) is 11.3. The number of hydrogen-bond donors (Lipinski definition) is 2. The number of nitrogens with zero attached hydrogens (tertiary/aromatic N) is 3. The number of anilines is 1. The van der Waals surface area contributed by atoms with Crippen molar-refractivity contribution >= 4 is 16.9 Å². The summed E-state index contributed by atoms with van der Waals surface area (Å²) in [5.74, 6) is 0.784. The summed E-state index contributed by atoms with van der Waals surface area (Å²) in [6.07, 6.45) is 2.62. The van der Waals surface area contributed by atoms with Gasteiger partial charge in [-0.15, -0.1) is 0 Å². The molecule has 0 saturated carbocycles. The molecule has 92 valence electrons. The van der Waals surface area contributed by atoms with Gasteiger partial charge in [0.1, 0.15) is 17.5 Å². The van der Waals surface area contributed by atoms with Gasteiger partial charge in [-0.2, -0.15) is 4.98 Å². The summed E-state index contributed by atoms with van der Waals surface area (Å²) in [5.41, 5.74) is 1.34. The van der Waals surface area contributed by atoms with Gasteiger partial charge in [0.05, 0.1) is 5.69 Å². The van der Waals surface area contributed by atoms with Gasteiger partial charge in [0, 0.05) is 13.1 Å². The van der Waals surface area contributed by atoms with E-state index in [-0.39, 0.29) is 0 Å². The molecule has 0 aliphatic carbocycles. The van der Waals surface area contributed by atoms with Crippen molar-refractivity contribution in [1.29, 1.82) is 0 Å². The maximum Gasteiger partial charge on any atom is 0.263 e. The molecular formula is C11H17N5O. The zero-order valence-corrected chi connectivity index (χ0v) is 10.2. The van der Waals surface area contributed by atoms with Crippen molar-refractivity contribution in [3.63, 3.8) is 0 Å². The summed E-state index contributed by atoms with van der Waals surface area (Å²) in [7, 11) is 0. The van der Waals surface area contributed by atoms with Crippen LogP contribution in [0.3, 0.4) is 0 Å². The van der Waals surface area contributed by atoms with E-state index in [2.05, 4.69) is 32.7 Å². The molecule has 6 nitrogen and oxygen atoms in total. The first-order valence-corrected chi connectivity index (χ1v) is 5.84. The van der Waals surface area contributed by atoms with Gasteiger partial charge in [0.25, 0.3) is 5.71 Å². The summed E-state index contributed by atoms with van der Waals surface area (Å²) in [6.45, 7) is 6.79. The molecule has 0 saturated heterocycles. The molecule has 17 heavy (non-hydrogen) atoms. The Bertz CT molecular complexity index is 482. The van der Waals surface area contributed by atoms with Gasteiger partial charge < -0.3 is 15.2 Å². The van der Waals surface area contributed by atoms with Gasteiger partial charge in [0.15, 0.2) is 0 Å². The predicted octanol–water partition coefficient (Wildman–Crippen LogP) is 1.34. The maximum absolute atomic E-state index is 5.08. The van der Waals surface area contributed by atoms with Crippen molar-refractivity contribution in [1.82, 2.24) is 20.4 Å². The topological polar surface area (TPSA) is 75.9 Å². The Hall–Kier alpha value is -1.69. The monoisotopic (exact) mass is 235 g/mol. The number of aromatic nitrogens is 3. The van der Waals surface area contributed by atoms with Crippen molar-refractivity contribution in [3.05, 3.63) is 12.0 Å². The first-order valence-electron chi connectivity index (χ1n) is 5.84. The number of fused-ring (bicyclic) bond motifs is 1. The fourth-order valence-corrected chi connectivity index (χ4v) is 1.63. The molecule has 0 amide bonds. The SMILES string of the molecule is CCCNCCNc1ncnc2onc(C)c12. The molecule has 2 aromatic heterocycles. The fraction of sp³-hybridized carbons (Fsp3) is 0.545. The Kier molecular flexibility index (Phi) is 3.87. The van der Waals surface area contributed by atoms with Crippen LogP contribution in [0.5, 0.6) is 0 Å². The van der Waals surface area contributed by atoms with Crippen LogP contribution in [0.15, 0.2) is 10.9 Å². The van der Waals surface area contributed by atoms with E-state index >= 15 is 0 Å². The quantitative estimate of drug-likeness (QED) is 0.736. The average Bonchev–Trinajstić information content (AvgIpc) is 2.72. The summed E-state index contributed by atoms with van der Waals surface area (Å²) >= 11 is 0. The lowest BCUT2D eigenvalue weighted by Crippen LogP contribution is -2.23. The molecular weight excluding hydrogens is 218 g/mol. The molecule has 0 radical (unpaired) electrons. The number of rotatable bonds is 6. The van der Waals surface area contributed by atoms with Crippen LogP contribution in [0.2, 0.25) is 0 Å². The molecule has 0 spiro atoms. The number of hydrogen-bond acceptors (Lipinski definition) is 6. The molecule has 2 N–H and O–H groups in total. The summed E-state index contributed by atoms with van der Waals surface area (Å²) < 4.78 is 5.08. The minimum Gasteiger partial charge on any atom is -0.368 e. The molecule has 0 atom stereocenters. The minimum atomic E-state index is 0.529. The third kappa shape index (κ3) is 2.71. The molecule has 0 fully saturated rings. The van der Waals surface area contributed by atoms with Crippen LogP contribution >= 0.6 is 0 Å². The Morgan fingerprint density at radius 1 is 1.24 bits per heavy atom. The lowest BCUT2D eigenvalue weighted by atomic mass is 10.3. The Morgan fingerprint density at radius 2 is 2.12 bits per heavy atom. The van der Waals surface area contributed by atoms with Crippen LogP contribution in [0.25, 0.3) is 11.1 Å². The highest BCUT2D eigenvalue weighted by Crippen LogP contribution is 2.21. The van der Waals surface area contributed by atoms with E-state index in [4.69, 9.17) is 4.52 Å². The van der Waals surface area contributed by atoms with Crippen LogP contribution in [0.1, 0.15) is 19.0 Å². The molecule has 0 unspecified atom stereocenters. The Labute approximate surface area is 99.8 Å². The van der Waals surface area contributed by atoms with E-state index < -0.39 is 0 Å². The second-order valence-electron chi connectivity index (χ2n) is 3.85. The standard InChI is InChI=1S/C11H17N5O/c1-3-4-12-5-6-13-10-9-8(2)16-17-11(9)15-7-14-10/h7,12H,3-6H2,1-2H3,(H,13,14,15). The highest BCUT2D eigenvalue weighted by molar-refractivity contribution is 5.87. The molecule has 0 aromatic carbocycles. The second kappa shape index (κ2) is 5.58. The van der Waals surface area contributed by atoms with Gasteiger partial charge in [-0.25, -0.2) is 4.98 Å². The highest BCUT2D eigenvalue weighted by atomic mass is 16.5. The zero-order chi connectivity index (χ0) is 12.1. The van der Waals surface area contributed by atoms with Crippen LogP contribution < -0.4 is 10.6 Å². The normalized spacial score (nSPS) is 10.9. The molecule has 6 heteroatoms. The third-order valence-corrected chi connectivity index (χ3v) is 2.46. The van der Waals surface area contributed by atoms with Crippen LogP contribution in [0, 0.1) is 6.92 Å². The first kappa shape index (κ1) is 11.8. The van der Waals surface area contributed by atoms with E-state index in [1.165, 1.54) is 6.33 Å². The molecule has 2 rings (SSSR count). The lowest BCUT2D eigenvalue weighted by molar-refractivity contribution is 0.442. The fourth-order valence-electron chi connectivity index (χ4n) is 1.63. The van der Waals surface area contributed by atoms with E-state index in [0.29, 0.717) is 5.71 Å². The summed E-state index contributed by atoms with van der Waals surface area (Å²) in [4.78, 5) is 8.23.